The molecule has 0 aliphatic carbocycles. The predicted molar refractivity (Wildman–Crippen MR) is 142 cm³/mol. The van der Waals surface area contributed by atoms with Gasteiger partial charge in [-0.2, -0.15) is 0 Å². The number of benzene rings is 3. The number of carbonyl (C=O) groups excluding carboxylic acids is 1. The highest BCUT2D eigenvalue weighted by Crippen LogP contribution is 2.30. The van der Waals surface area contributed by atoms with Gasteiger partial charge in [0, 0.05) is 15.1 Å². The molecule has 0 aromatic heterocycles. The molecule has 0 fully saturated rings. The van der Waals surface area contributed by atoms with Crippen molar-refractivity contribution >= 4 is 68.0 Å². The normalized spacial score (nSPS) is 11.3. The number of ether oxygens (including phenoxy) is 1. The fourth-order valence-electron chi connectivity index (χ4n) is 2.94. The first-order chi connectivity index (χ1) is 15.5. The first-order valence-electron chi connectivity index (χ1n) is 10.0. The maximum absolute atomic E-state index is 12.8. The summed E-state index contributed by atoms with van der Waals surface area (Å²) in [5.74, 6) is 0.680. The molecule has 166 valence electrons. The van der Waals surface area contributed by atoms with E-state index >= 15 is 0 Å². The Hall–Kier alpha value is -2.55. The molecule has 1 unspecified atom stereocenters. The average Bonchev–Trinajstić information content (AvgIpc) is 2.79. The van der Waals surface area contributed by atoms with Gasteiger partial charge in [0.1, 0.15) is 5.75 Å². The minimum absolute atomic E-state index is 0.0314. The Kier molecular flexibility index (Phi) is 8.96. The van der Waals surface area contributed by atoms with Gasteiger partial charge < -0.3 is 20.7 Å². The number of halogens is 1. The number of hydrogen-bond donors (Lipinski definition) is 3. The van der Waals surface area contributed by atoms with Crippen molar-refractivity contribution in [3.05, 3.63) is 77.3 Å². The molecule has 3 aromatic rings. The molecule has 0 heterocycles. The number of rotatable bonds is 8. The number of para-hydroxylation sites is 3. The van der Waals surface area contributed by atoms with Crippen molar-refractivity contribution in [1.29, 1.82) is 0 Å². The van der Waals surface area contributed by atoms with E-state index in [1.165, 1.54) is 11.8 Å². The van der Waals surface area contributed by atoms with Gasteiger partial charge >= 0.3 is 0 Å². The fourth-order valence-corrected chi connectivity index (χ4v) is 4.57. The molecule has 0 saturated heterocycles. The highest BCUT2D eigenvalue weighted by Gasteiger charge is 2.19. The van der Waals surface area contributed by atoms with Crippen molar-refractivity contribution in [2.24, 2.45) is 0 Å². The molecule has 0 spiro atoms. The van der Waals surface area contributed by atoms with Gasteiger partial charge in [-0.3, -0.25) is 4.79 Å². The van der Waals surface area contributed by atoms with Crippen molar-refractivity contribution in [2.45, 2.75) is 23.5 Å². The number of thioether (sulfide) groups is 1. The van der Waals surface area contributed by atoms with Crippen molar-refractivity contribution < 1.29 is 9.53 Å². The lowest BCUT2D eigenvalue weighted by atomic mass is 10.3. The summed E-state index contributed by atoms with van der Waals surface area (Å²) >= 11 is 10.4. The van der Waals surface area contributed by atoms with E-state index in [9.17, 15) is 4.79 Å². The number of carbonyl (C=O) groups is 1. The lowest BCUT2D eigenvalue weighted by Crippen LogP contribution is -2.24. The molecular weight excluding hydrogens is 506 g/mol. The lowest BCUT2D eigenvalue weighted by Gasteiger charge is -2.17. The van der Waals surface area contributed by atoms with E-state index < -0.39 is 0 Å². The summed E-state index contributed by atoms with van der Waals surface area (Å²) in [6, 6.07) is 23.0. The molecule has 1 atom stereocenters. The van der Waals surface area contributed by atoms with Gasteiger partial charge in [-0.15, -0.1) is 11.8 Å². The fraction of sp³-hybridized carbons (Fsp3) is 0.167. The minimum atomic E-state index is -0.226. The molecule has 0 aliphatic heterocycles. The summed E-state index contributed by atoms with van der Waals surface area (Å²) in [5, 5.41) is 9.58. The van der Waals surface area contributed by atoms with Crippen molar-refractivity contribution in [1.82, 2.24) is 0 Å². The zero-order valence-corrected chi connectivity index (χ0v) is 20.9. The molecule has 32 heavy (non-hydrogen) atoms. The second-order valence-corrected chi connectivity index (χ2v) is 9.33. The number of methoxy groups -OCH3 is 1. The van der Waals surface area contributed by atoms with Gasteiger partial charge in [-0.25, -0.2) is 0 Å². The molecule has 3 aromatic carbocycles. The molecule has 0 saturated carbocycles. The maximum Gasteiger partial charge on any atom is 0.237 e. The van der Waals surface area contributed by atoms with Crippen LogP contribution in [0.1, 0.15) is 13.3 Å². The molecule has 8 heteroatoms. The maximum atomic E-state index is 12.8. The van der Waals surface area contributed by atoms with Gasteiger partial charge in [0.15, 0.2) is 5.11 Å². The zero-order valence-electron chi connectivity index (χ0n) is 17.7. The Balaban J connectivity index is 1.63. The number of anilines is 3. The van der Waals surface area contributed by atoms with Crippen LogP contribution in [-0.2, 0) is 4.79 Å². The molecule has 0 bridgehead atoms. The molecule has 3 N–H and O–H groups in total. The molecule has 3 rings (SSSR count). The SMILES string of the molecule is CCC(Sc1cccc(NC(=S)Nc2ccccc2OC)c1)C(=O)Nc1ccccc1Br. The van der Waals surface area contributed by atoms with Crippen LogP contribution in [0.4, 0.5) is 17.1 Å². The average molecular weight is 531 g/mol. The van der Waals surface area contributed by atoms with Crippen LogP contribution >= 0.6 is 39.9 Å². The van der Waals surface area contributed by atoms with Crippen LogP contribution in [0.2, 0.25) is 0 Å². The van der Waals surface area contributed by atoms with Crippen LogP contribution in [0.25, 0.3) is 0 Å². The van der Waals surface area contributed by atoms with Gasteiger partial charge in [-0.1, -0.05) is 37.3 Å². The van der Waals surface area contributed by atoms with Crippen LogP contribution in [0.5, 0.6) is 5.75 Å². The van der Waals surface area contributed by atoms with E-state index in [1.807, 2.05) is 79.7 Å². The summed E-state index contributed by atoms with van der Waals surface area (Å²) < 4.78 is 6.21. The van der Waals surface area contributed by atoms with Crippen LogP contribution < -0.4 is 20.7 Å². The number of nitrogens with one attached hydrogen (secondary N) is 3. The third-order valence-corrected chi connectivity index (χ3v) is 6.77. The monoisotopic (exact) mass is 529 g/mol. The number of hydrogen-bond acceptors (Lipinski definition) is 4. The zero-order chi connectivity index (χ0) is 22.9. The number of amides is 1. The van der Waals surface area contributed by atoms with E-state index in [4.69, 9.17) is 17.0 Å². The van der Waals surface area contributed by atoms with E-state index in [1.54, 1.807) is 7.11 Å². The van der Waals surface area contributed by atoms with E-state index in [0.29, 0.717) is 17.3 Å². The van der Waals surface area contributed by atoms with Crippen LogP contribution in [0.15, 0.2) is 82.2 Å². The highest BCUT2D eigenvalue weighted by atomic mass is 79.9. The molecule has 0 radical (unpaired) electrons. The van der Waals surface area contributed by atoms with Crippen molar-refractivity contribution in [3.63, 3.8) is 0 Å². The van der Waals surface area contributed by atoms with Gasteiger partial charge in [0.25, 0.3) is 0 Å². The van der Waals surface area contributed by atoms with E-state index in [0.717, 1.165) is 26.4 Å². The van der Waals surface area contributed by atoms with Crippen molar-refractivity contribution in [3.8, 4) is 5.75 Å². The Morgan fingerprint density at radius 1 is 1.00 bits per heavy atom. The van der Waals surface area contributed by atoms with Gasteiger partial charge in [-0.05, 0) is 77.0 Å². The molecular formula is C24H24BrN3O2S2. The lowest BCUT2D eigenvalue weighted by molar-refractivity contribution is -0.115. The van der Waals surface area contributed by atoms with E-state index in [-0.39, 0.29) is 11.2 Å². The molecule has 1 amide bonds. The second-order valence-electron chi connectivity index (χ2n) is 6.79. The molecule has 0 aliphatic rings. The minimum Gasteiger partial charge on any atom is -0.495 e. The quantitative estimate of drug-likeness (QED) is 0.221. The van der Waals surface area contributed by atoms with Crippen LogP contribution in [0, 0.1) is 0 Å². The standard InChI is InChI=1S/C24H24BrN3O2S2/c1-3-22(23(29)27-19-12-5-4-11-18(19)25)32-17-10-8-9-16(15-17)26-24(31)28-20-13-6-7-14-21(20)30-2/h4-15,22H,3H2,1-2H3,(H,27,29)(H2,26,28,31). The second kappa shape index (κ2) is 11.9. The smallest absolute Gasteiger partial charge is 0.237 e. The Morgan fingerprint density at radius 3 is 2.44 bits per heavy atom. The van der Waals surface area contributed by atoms with Gasteiger partial charge in [0.05, 0.1) is 23.7 Å². The Labute approximate surface area is 206 Å². The number of thiocarbonyl (C=S) groups is 1. The summed E-state index contributed by atoms with van der Waals surface area (Å²) in [5.41, 5.74) is 2.39. The highest BCUT2D eigenvalue weighted by molar-refractivity contribution is 9.10. The molecule has 5 nitrogen and oxygen atoms in total. The summed E-state index contributed by atoms with van der Waals surface area (Å²) in [7, 11) is 1.62. The third-order valence-electron chi connectivity index (χ3n) is 4.52. The van der Waals surface area contributed by atoms with E-state index in [2.05, 4.69) is 31.9 Å². The summed E-state index contributed by atoms with van der Waals surface area (Å²) in [6.45, 7) is 2.01. The van der Waals surface area contributed by atoms with Crippen LogP contribution in [0.3, 0.4) is 0 Å². The first-order valence-corrected chi connectivity index (χ1v) is 12.1. The topological polar surface area (TPSA) is 62.4 Å². The van der Waals surface area contributed by atoms with Crippen molar-refractivity contribution in [2.75, 3.05) is 23.1 Å². The summed E-state index contributed by atoms with van der Waals surface area (Å²) in [4.78, 5) is 13.8. The predicted octanol–water partition coefficient (Wildman–Crippen LogP) is 6.78. The summed E-state index contributed by atoms with van der Waals surface area (Å²) in [6.07, 6.45) is 0.701. The first kappa shape index (κ1) is 24.1. The Bertz CT molecular complexity index is 1090. The van der Waals surface area contributed by atoms with Gasteiger partial charge in [0.2, 0.25) is 5.91 Å². The largest absolute Gasteiger partial charge is 0.495 e. The van der Waals surface area contributed by atoms with Crippen LogP contribution in [-0.4, -0.2) is 23.4 Å². The third kappa shape index (κ3) is 6.72. The Morgan fingerprint density at radius 2 is 1.72 bits per heavy atom.